The molecule has 0 saturated heterocycles. The van der Waals surface area contributed by atoms with E-state index in [1.54, 1.807) is 26.3 Å². The van der Waals surface area contributed by atoms with Crippen molar-refractivity contribution in [2.24, 2.45) is 4.99 Å². The molecule has 3 rings (SSSR count). The van der Waals surface area contributed by atoms with Crippen molar-refractivity contribution in [1.29, 1.82) is 0 Å². The number of methoxy groups -OCH3 is 1. The predicted molar refractivity (Wildman–Crippen MR) is 146 cm³/mol. The van der Waals surface area contributed by atoms with Gasteiger partial charge in [-0.3, -0.25) is 14.6 Å². The number of aryl methyl sites for hydroxylation is 1. The smallest absolute Gasteiger partial charge is 0.272 e. The summed E-state index contributed by atoms with van der Waals surface area (Å²) in [6.07, 6.45) is 0. The minimum absolute atomic E-state index is 0. The van der Waals surface area contributed by atoms with Crippen LogP contribution in [-0.4, -0.2) is 70.1 Å². The molecule has 2 aromatic heterocycles. The molecule has 0 radical (unpaired) electrons. The van der Waals surface area contributed by atoms with E-state index in [1.807, 2.05) is 41.5 Å². The van der Waals surface area contributed by atoms with Crippen molar-refractivity contribution < 1.29 is 24.2 Å². The summed E-state index contributed by atoms with van der Waals surface area (Å²) in [5.41, 5.74) is 3.47. The molecule has 38 heavy (non-hydrogen) atoms. The van der Waals surface area contributed by atoms with Crippen molar-refractivity contribution in [1.82, 2.24) is 24.7 Å². The first-order valence-electron chi connectivity index (χ1n) is 12.2. The number of benzene rings is 1. The Balaban J connectivity index is 0.00000507. The average molecular weight is 549 g/mol. The molecule has 0 fully saturated rings. The van der Waals surface area contributed by atoms with Crippen LogP contribution in [0.15, 0.2) is 17.1 Å². The fourth-order valence-corrected chi connectivity index (χ4v) is 4.05. The molecule has 0 bridgehead atoms. The zero-order chi connectivity index (χ0) is 27.5. The van der Waals surface area contributed by atoms with Gasteiger partial charge in [0.2, 0.25) is 5.62 Å². The Morgan fingerprint density at radius 3 is 2.39 bits per heavy atom. The van der Waals surface area contributed by atoms with Gasteiger partial charge in [0.15, 0.2) is 28.6 Å². The molecule has 3 aromatic rings. The number of amides is 1. The summed E-state index contributed by atoms with van der Waals surface area (Å²) < 4.78 is 14.3. The fourth-order valence-electron chi connectivity index (χ4n) is 4.05. The molecule has 2 N–H and O–H groups in total. The van der Waals surface area contributed by atoms with E-state index in [0.29, 0.717) is 40.4 Å². The van der Waals surface area contributed by atoms with Crippen LogP contribution in [0.3, 0.4) is 0 Å². The lowest BCUT2D eigenvalue weighted by molar-refractivity contribution is 0.0944. The highest BCUT2D eigenvalue weighted by atomic mass is 35.5. The molecule has 0 aliphatic heterocycles. The van der Waals surface area contributed by atoms with E-state index in [1.165, 1.54) is 9.20 Å². The molecule has 0 unspecified atom stereocenters. The standard InChI is InChI=1S/C26H36N6O5.ClH/c1-9-28-24(35)21-15(2)16(3)23-30-31(25(27-7)32(23)29-21)14-19(34)17-12-18(26(4,5)6)22(36-8)20(13-17)37-11-10-33;/h12-13,33H,9-11,14H2,1-8H3,(H,28,35);1H/b27-25+;. The van der Waals surface area contributed by atoms with E-state index in [-0.39, 0.29) is 55.0 Å². The van der Waals surface area contributed by atoms with Gasteiger partial charge in [-0.2, -0.15) is 9.61 Å². The van der Waals surface area contributed by atoms with Gasteiger partial charge >= 0.3 is 0 Å². The zero-order valence-corrected chi connectivity index (χ0v) is 24.0. The van der Waals surface area contributed by atoms with Crippen molar-refractivity contribution in [3.8, 4) is 11.5 Å². The fraction of sp³-hybridized carbons (Fsp3) is 0.500. The average Bonchev–Trinajstić information content (AvgIpc) is 3.20. The molecule has 12 heteroatoms. The number of nitrogens with one attached hydrogen (secondary N) is 1. The number of aromatic nitrogens is 4. The zero-order valence-electron chi connectivity index (χ0n) is 23.2. The molecular formula is C26H37ClN6O5. The van der Waals surface area contributed by atoms with Crippen LogP contribution in [0.1, 0.15) is 65.2 Å². The van der Waals surface area contributed by atoms with Crippen LogP contribution in [0.5, 0.6) is 11.5 Å². The van der Waals surface area contributed by atoms with Gasteiger partial charge in [0.1, 0.15) is 13.2 Å². The van der Waals surface area contributed by atoms with E-state index >= 15 is 0 Å². The van der Waals surface area contributed by atoms with Crippen LogP contribution < -0.4 is 20.4 Å². The number of Topliss-reactive ketones (excluding diaryl/α,β-unsaturated/α-hetero) is 1. The van der Waals surface area contributed by atoms with Gasteiger partial charge in [0.25, 0.3) is 5.91 Å². The number of carbonyl (C=O) groups is 2. The van der Waals surface area contributed by atoms with E-state index in [0.717, 1.165) is 11.1 Å². The number of hydrogen-bond acceptors (Lipinski definition) is 8. The molecule has 0 aliphatic carbocycles. The summed E-state index contributed by atoms with van der Waals surface area (Å²) >= 11 is 0. The number of ether oxygens (including phenoxy) is 2. The molecule has 0 aliphatic rings. The number of hydrogen-bond donors (Lipinski definition) is 2. The second-order valence-corrected chi connectivity index (χ2v) is 9.68. The van der Waals surface area contributed by atoms with Gasteiger partial charge in [-0.1, -0.05) is 20.8 Å². The largest absolute Gasteiger partial charge is 0.493 e. The second-order valence-electron chi connectivity index (χ2n) is 9.68. The highest BCUT2D eigenvalue weighted by Crippen LogP contribution is 2.40. The monoisotopic (exact) mass is 548 g/mol. The molecule has 0 saturated carbocycles. The first-order chi connectivity index (χ1) is 17.5. The van der Waals surface area contributed by atoms with Gasteiger partial charge in [0.05, 0.1) is 13.7 Å². The molecule has 1 aromatic carbocycles. The van der Waals surface area contributed by atoms with Gasteiger partial charge in [-0.15, -0.1) is 17.5 Å². The molecular weight excluding hydrogens is 512 g/mol. The van der Waals surface area contributed by atoms with Crippen molar-refractivity contribution in [3.05, 3.63) is 45.7 Å². The van der Waals surface area contributed by atoms with Crippen LogP contribution in [0.4, 0.5) is 0 Å². The summed E-state index contributed by atoms with van der Waals surface area (Å²) in [4.78, 5) is 30.4. The first kappa shape index (κ1) is 30.8. The third-order valence-corrected chi connectivity index (χ3v) is 6.07. The lowest BCUT2D eigenvalue weighted by atomic mass is 9.84. The molecule has 11 nitrogen and oxygen atoms in total. The Kier molecular flexibility index (Phi) is 10.0. The summed E-state index contributed by atoms with van der Waals surface area (Å²) in [5, 5.41) is 21.1. The number of fused-ring (bicyclic) bond motifs is 1. The van der Waals surface area contributed by atoms with Crippen LogP contribution in [0.2, 0.25) is 0 Å². The summed E-state index contributed by atoms with van der Waals surface area (Å²) in [6.45, 7) is 11.8. The quantitative estimate of drug-likeness (QED) is 0.392. The Labute approximate surface area is 228 Å². The maximum absolute atomic E-state index is 13.5. The minimum atomic E-state index is -0.340. The number of aliphatic hydroxyl groups excluding tert-OH is 1. The highest BCUT2D eigenvalue weighted by molar-refractivity contribution is 5.97. The summed E-state index contributed by atoms with van der Waals surface area (Å²) in [7, 11) is 3.13. The third-order valence-electron chi connectivity index (χ3n) is 6.07. The lowest BCUT2D eigenvalue weighted by Crippen LogP contribution is -2.30. The van der Waals surface area contributed by atoms with Crippen LogP contribution >= 0.6 is 12.4 Å². The lowest BCUT2D eigenvalue weighted by Gasteiger charge is -2.25. The molecule has 208 valence electrons. The SMILES string of the molecule is CCNC(=O)c1nn2/c(=N/C)n(CC(=O)c3cc(OCCO)c(OC)c(C(C)(C)C)c3)nc2c(C)c1C.Cl. The number of carbonyl (C=O) groups excluding carboxylic acids is 2. The second kappa shape index (κ2) is 12.4. The number of nitrogens with zero attached hydrogens (tertiary/aromatic N) is 5. The van der Waals surface area contributed by atoms with Gasteiger partial charge in [-0.05, 0) is 43.9 Å². The highest BCUT2D eigenvalue weighted by Gasteiger charge is 2.26. The minimum Gasteiger partial charge on any atom is -0.493 e. The van der Waals surface area contributed by atoms with Gasteiger partial charge in [0, 0.05) is 30.3 Å². The van der Waals surface area contributed by atoms with Gasteiger partial charge in [-0.25, -0.2) is 4.68 Å². The Morgan fingerprint density at radius 2 is 1.84 bits per heavy atom. The van der Waals surface area contributed by atoms with E-state index in [9.17, 15) is 14.7 Å². The normalized spacial score (nSPS) is 11.9. The van der Waals surface area contributed by atoms with Crippen LogP contribution in [-0.2, 0) is 12.0 Å². The number of ketones is 1. The Morgan fingerprint density at radius 1 is 1.16 bits per heavy atom. The molecule has 0 spiro atoms. The molecule has 2 heterocycles. The van der Waals surface area contributed by atoms with E-state index < -0.39 is 0 Å². The van der Waals surface area contributed by atoms with E-state index in [2.05, 4.69) is 20.5 Å². The number of aliphatic hydroxyl groups is 1. The molecule has 1 amide bonds. The first-order valence-corrected chi connectivity index (χ1v) is 12.2. The number of halogens is 1. The predicted octanol–water partition coefficient (Wildman–Crippen LogP) is 2.41. The van der Waals surface area contributed by atoms with Crippen molar-refractivity contribution in [2.75, 3.05) is 33.9 Å². The maximum atomic E-state index is 13.5. The third kappa shape index (κ3) is 5.99. The van der Waals surface area contributed by atoms with Crippen LogP contribution in [0, 0.1) is 13.8 Å². The summed E-state index contributed by atoms with van der Waals surface area (Å²) in [5.74, 6) is 0.396. The molecule has 0 atom stereocenters. The topological polar surface area (TPSA) is 132 Å². The number of rotatable bonds is 9. The Bertz CT molecular complexity index is 1400. The Hall–Kier alpha value is -3.44. The van der Waals surface area contributed by atoms with Gasteiger partial charge < -0.3 is 19.9 Å². The van der Waals surface area contributed by atoms with E-state index in [4.69, 9.17) is 9.47 Å². The van der Waals surface area contributed by atoms with Crippen LogP contribution in [0.25, 0.3) is 5.65 Å². The van der Waals surface area contributed by atoms with Crippen molar-refractivity contribution in [2.45, 2.75) is 53.5 Å². The summed E-state index contributed by atoms with van der Waals surface area (Å²) in [6, 6.07) is 3.42. The maximum Gasteiger partial charge on any atom is 0.272 e. The van der Waals surface area contributed by atoms with Crippen molar-refractivity contribution in [3.63, 3.8) is 0 Å². The van der Waals surface area contributed by atoms with Crippen molar-refractivity contribution >= 4 is 29.7 Å².